The van der Waals surface area contributed by atoms with Crippen LogP contribution in [0.15, 0.2) is 48.1 Å². The smallest absolute Gasteiger partial charge is 1.00 e. The summed E-state index contributed by atoms with van der Waals surface area (Å²) in [5, 5.41) is 3.53. The SMILES string of the molecule is C[Si](C)(C)OCCC1=C(c2cc3c(c4c2[Si]4(C)C)[CH]([Zr+2])c2ccccc2-3)CC=C1.[Cl-].[Cl-]. The van der Waals surface area contributed by atoms with E-state index in [0.29, 0.717) is 3.63 Å². The maximum absolute atomic E-state index is 6.18. The minimum atomic E-state index is -1.45. The third-order valence-electron chi connectivity index (χ3n) is 6.67. The van der Waals surface area contributed by atoms with Crippen LogP contribution in [0.1, 0.15) is 33.2 Å². The van der Waals surface area contributed by atoms with Crippen molar-refractivity contribution < 1.29 is 54.0 Å². The van der Waals surface area contributed by atoms with Gasteiger partial charge in [0, 0.05) is 0 Å². The summed E-state index contributed by atoms with van der Waals surface area (Å²) in [5.74, 6) is 0. The molecule has 31 heavy (non-hydrogen) atoms. The van der Waals surface area contributed by atoms with Crippen LogP contribution in [0.2, 0.25) is 32.7 Å². The summed E-state index contributed by atoms with van der Waals surface area (Å²) in [5.41, 5.74) is 10.9. The minimum Gasteiger partial charge on any atom is -1.00 e. The van der Waals surface area contributed by atoms with Gasteiger partial charge in [-0.2, -0.15) is 0 Å². The van der Waals surface area contributed by atoms with Crippen LogP contribution in [0, 0.1) is 0 Å². The molecule has 5 rings (SSSR count). The average molecular weight is 564 g/mol. The predicted octanol–water partition coefficient (Wildman–Crippen LogP) is -0.598. The van der Waals surface area contributed by atoms with Crippen LogP contribution < -0.4 is 35.2 Å². The molecule has 1 nitrogen and oxygen atoms in total. The van der Waals surface area contributed by atoms with Gasteiger partial charge in [0.25, 0.3) is 0 Å². The molecule has 0 N–H and O–H groups in total. The molecule has 1 heterocycles. The number of hydrogen-bond acceptors (Lipinski definition) is 1. The maximum atomic E-state index is 6.18. The fraction of sp³-hybridized carbons (Fsp3) is 0.360. The molecule has 0 amide bonds. The van der Waals surface area contributed by atoms with Gasteiger partial charge >= 0.3 is 193 Å². The van der Waals surface area contributed by atoms with Crippen LogP contribution in [0.3, 0.4) is 0 Å². The van der Waals surface area contributed by atoms with E-state index in [2.05, 4.69) is 75.2 Å². The van der Waals surface area contributed by atoms with Gasteiger partial charge in [0.2, 0.25) is 0 Å². The number of hydrogen-bond donors (Lipinski definition) is 0. The fourth-order valence-electron chi connectivity index (χ4n) is 5.29. The average Bonchev–Trinajstić information content (AvgIpc) is 2.98. The largest absolute Gasteiger partial charge is 1.00 e. The Bertz CT molecular complexity index is 1100. The van der Waals surface area contributed by atoms with Crippen molar-refractivity contribution >= 4 is 32.3 Å². The van der Waals surface area contributed by atoms with Gasteiger partial charge < -0.3 is 24.8 Å². The second-order valence-electron chi connectivity index (χ2n) is 10.1. The van der Waals surface area contributed by atoms with Crippen LogP contribution in [0.4, 0.5) is 0 Å². The molecule has 0 saturated carbocycles. The van der Waals surface area contributed by atoms with Gasteiger partial charge in [-0.15, -0.1) is 0 Å². The molecule has 0 aromatic heterocycles. The van der Waals surface area contributed by atoms with E-state index in [4.69, 9.17) is 4.43 Å². The molecular weight excluding hydrogens is 535 g/mol. The van der Waals surface area contributed by atoms with Crippen LogP contribution in [-0.2, 0) is 29.1 Å². The molecule has 2 aromatic carbocycles. The summed E-state index contributed by atoms with van der Waals surface area (Å²) in [6.45, 7) is 12.8. The first-order valence-electron chi connectivity index (χ1n) is 10.8. The molecule has 6 heteroatoms. The first kappa shape index (κ1) is 25.4. The molecule has 0 fully saturated rings. The zero-order valence-electron chi connectivity index (χ0n) is 18.9. The van der Waals surface area contributed by atoms with Crippen LogP contribution >= 0.6 is 0 Å². The van der Waals surface area contributed by atoms with Gasteiger partial charge in [-0.1, -0.05) is 0 Å². The van der Waals surface area contributed by atoms with Crippen molar-refractivity contribution in [3.05, 3.63) is 64.7 Å². The Morgan fingerprint density at radius 1 is 1.03 bits per heavy atom. The van der Waals surface area contributed by atoms with E-state index in [9.17, 15) is 0 Å². The summed E-state index contributed by atoms with van der Waals surface area (Å²) in [6, 6.07) is 11.7. The van der Waals surface area contributed by atoms with E-state index in [0.717, 1.165) is 19.4 Å². The molecule has 1 atom stereocenters. The van der Waals surface area contributed by atoms with Crippen molar-refractivity contribution in [1.29, 1.82) is 0 Å². The normalized spacial score (nSPS) is 19.4. The van der Waals surface area contributed by atoms with Crippen molar-refractivity contribution in [2.45, 2.75) is 49.2 Å². The molecule has 3 aliphatic rings. The Labute approximate surface area is 216 Å². The number of rotatable bonds is 5. The van der Waals surface area contributed by atoms with Crippen molar-refractivity contribution in [3.63, 3.8) is 0 Å². The Hall–Kier alpha value is -0.223. The molecular formula is C25H29Cl2OSi2Zr. The van der Waals surface area contributed by atoms with Gasteiger partial charge in [0.1, 0.15) is 0 Å². The van der Waals surface area contributed by atoms with Crippen molar-refractivity contribution in [2.75, 3.05) is 6.61 Å². The van der Waals surface area contributed by atoms with E-state index in [1.54, 1.807) is 57.4 Å². The van der Waals surface area contributed by atoms with Gasteiger partial charge in [-0.25, -0.2) is 0 Å². The van der Waals surface area contributed by atoms with Crippen molar-refractivity contribution in [1.82, 2.24) is 0 Å². The Morgan fingerprint density at radius 3 is 2.45 bits per heavy atom. The first-order chi connectivity index (χ1) is 13.7. The fourth-order valence-corrected chi connectivity index (χ4v) is 11.5. The Morgan fingerprint density at radius 2 is 1.74 bits per heavy atom. The van der Waals surface area contributed by atoms with E-state index >= 15 is 0 Å². The Balaban J connectivity index is 0.00000136. The molecule has 161 valence electrons. The molecule has 1 aliphatic heterocycles. The quantitative estimate of drug-likeness (QED) is 0.442. The van der Waals surface area contributed by atoms with E-state index in [1.165, 1.54) is 16.7 Å². The third-order valence-corrected chi connectivity index (χ3v) is 12.5. The van der Waals surface area contributed by atoms with Crippen molar-refractivity contribution in [3.8, 4) is 11.1 Å². The number of benzene rings is 2. The zero-order valence-corrected chi connectivity index (χ0v) is 24.9. The monoisotopic (exact) mass is 561 g/mol. The van der Waals surface area contributed by atoms with E-state index < -0.39 is 16.4 Å². The van der Waals surface area contributed by atoms with E-state index in [1.807, 2.05) is 0 Å². The number of halogens is 2. The number of fused-ring (bicyclic) bond motifs is 5. The Kier molecular flexibility index (Phi) is 7.25. The molecule has 2 aliphatic carbocycles. The van der Waals surface area contributed by atoms with Crippen molar-refractivity contribution in [2.24, 2.45) is 0 Å². The second-order valence-corrected chi connectivity index (χ2v) is 20.3. The van der Waals surface area contributed by atoms with Gasteiger partial charge in [0.05, 0.1) is 0 Å². The molecule has 0 spiro atoms. The van der Waals surface area contributed by atoms with Gasteiger partial charge in [-0.3, -0.25) is 0 Å². The molecule has 0 saturated heterocycles. The van der Waals surface area contributed by atoms with Crippen LogP contribution in [0.25, 0.3) is 16.7 Å². The summed E-state index contributed by atoms with van der Waals surface area (Å²) >= 11 is 1.63. The zero-order chi connectivity index (χ0) is 20.6. The standard InChI is InChI=1S/C25H29OSi2.2ClH.Zr/c1-27(2,3)26-14-13-17-10-8-12-19(17)23-16-21-20-11-7-6-9-18(20)15-22(21)24-25(23)28(24,4)5;;;/h6-11,15-16H,12-14H2,1-5H3;2*1H;/q;;;+2/p-2. The first-order valence-corrected chi connectivity index (χ1v) is 18.6. The summed E-state index contributed by atoms with van der Waals surface area (Å²) in [6.07, 6.45) is 6.85. The van der Waals surface area contributed by atoms with Gasteiger partial charge in [0.15, 0.2) is 0 Å². The summed E-state index contributed by atoms with van der Waals surface area (Å²) < 4.78 is 6.81. The molecule has 1 unspecified atom stereocenters. The summed E-state index contributed by atoms with van der Waals surface area (Å²) in [4.78, 5) is 0. The molecule has 2 aromatic rings. The maximum Gasteiger partial charge on any atom is -1.00 e. The van der Waals surface area contributed by atoms with E-state index in [-0.39, 0.29) is 24.8 Å². The second kappa shape index (κ2) is 8.85. The topological polar surface area (TPSA) is 9.23 Å². The molecule has 0 radical (unpaired) electrons. The predicted molar refractivity (Wildman–Crippen MR) is 125 cm³/mol. The molecule has 0 bridgehead atoms. The third kappa shape index (κ3) is 4.22. The summed E-state index contributed by atoms with van der Waals surface area (Å²) in [7, 11) is -2.86. The number of allylic oxidation sites excluding steroid dienone is 3. The van der Waals surface area contributed by atoms with Crippen LogP contribution in [-0.4, -0.2) is 23.0 Å². The van der Waals surface area contributed by atoms with Gasteiger partial charge in [-0.05, 0) is 0 Å². The minimum absolute atomic E-state index is 0. The van der Waals surface area contributed by atoms with Crippen LogP contribution in [0.5, 0.6) is 0 Å².